The first kappa shape index (κ1) is 16.7. The first-order valence-electron chi connectivity index (χ1n) is 6.84. The maximum atomic E-state index is 12.0. The van der Waals surface area contributed by atoms with E-state index >= 15 is 0 Å². The van der Waals surface area contributed by atoms with Crippen molar-refractivity contribution in [1.82, 2.24) is 10.2 Å². The molecule has 1 aromatic carbocycles. The molecule has 0 atom stereocenters. The predicted octanol–water partition coefficient (Wildman–Crippen LogP) is 2.23. The Bertz CT molecular complexity index is 540. The van der Waals surface area contributed by atoms with Crippen molar-refractivity contribution < 1.29 is 9.59 Å². The van der Waals surface area contributed by atoms with Gasteiger partial charge in [0.15, 0.2) is 0 Å². The summed E-state index contributed by atoms with van der Waals surface area (Å²) in [6.07, 6.45) is 3.29. The fourth-order valence-electron chi connectivity index (χ4n) is 1.84. The van der Waals surface area contributed by atoms with Crippen LogP contribution < -0.4 is 5.32 Å². The van der Waals surface area contributed by atoms with Crippen LogP contribution in [0, 0.1) is 13.8 Å². The van der Waals surface area contributed by atoms with Crippen molar-refractivity contribution in [3.05, 3.63) is 60.2 Å². The number of carbonyl (C=O) groups excluding carboxylic acids is 2. The molecule has 112 valence electrons. The summed E-state index contributed by atoms with van der Waals surface area (Å²) in [6.45, 7) is 12.0. The Labute approximate surface area is 126 Å². The summed E-state index contributed by atoms with van der Waals surface area (Å²) < 4.78 is 0. The molecule has 0 aliphatic heterocycles. The van der Waals surface area contributed by atoms with Gasteiger partial charge in [0.2, 0.25) is 5.91 Å². The van der Waals surface area contributed by atoms with E-state index in [-0.39, 0.29) is 18.4 Å². The smallest absolute Gasteiger partial charge is 0.251 e. The summed E-state index contributed by atoms with van der Waals surface area (Å²) >= 11 is 0. The van der Waals surface area contributed by atoms with E-state index in [0.29, 0.717) is 18.7 Å². The maximum absolute atomic E-state index is 12.0. The third-order valence-corrected chi connectivity index (χ3v) is 3.22. The Balaban J connectivity index is 2.62. The van der Waals surface area contributed by atoms with Gasteiger partial charge in [0.05, 0.1) is 6.54 Å². The molecule has 1 aromatic rings. The fraction of sp³-hybridized carbons (Fsp3) is 0.294. The number of rotatable bonds is 7. The summed E-state index contributed by atoms with van der Waals surface area (Å²) in [5.41, 5.74) is 2.74. The largest absolute Gasteiger partial charge is 0.343 e. The van der Waals surface area contributed by atoms with Gasteiger partial charge in [-0.3, -0.25) is 9.59 Å². The van der Waals surface area contributed by atoms with Crippen molar-refractivity contribution >= 4 is 11.8 Å². The van der Waals surface area contributed by atoms with Gasteiger partial charge in [-0.15, -0.1) is 13.2 Å². The minimum absolute atomic E-state index is 0.0343. The van der Waals surface area contributed by atoms with Crippen molar-refractivity contribution in [3.63, 3.8) is 0 Å². The molecule has 4 heteroatoms. The van der Waals surface area contributed by atoms with Crippen LogP contribution in [-0.2, 0) is 4.79 Å². The Morgan fingerprint density at radius 2 is 1.76 bits per heavy atom. The molecule has 0 aliphatic carbocycles. The Hall–Kier alpha value is -2.36. The maximum Gasteiger partial charge on any atom is 0.251 e. The molecule has 0 fully saturated rings. The second kappa shape index (κ2) is 8.04. The van der Waals surface area contributed by atoms with Gasteiger partial charge in [-0.2, -0.15) is 0 Å². The minimum Gasteiger partial charge on any atom is -0.343 e. The molecule has 1 rings (SSSR count). The highest BCUT2D eigenvalue weighted by Crippen LogP contribution is 2.09. The number of hydrogen-bond acceptors (Lipinski definition) is 2. The lowest BCUT2D eigenvalue weighted by Crippen LogP contribution is -2.40. The lowest BCUT2D eigenvalue weighted by molar-refractivity contribution is -0.129. The molecule has 0 saturated carbocycles. The van der Waals surface area contributed by atoms with E-state index in [0.717, 1.165) is 11.1 Å². The van der Waals surface area contributed by atoms with Crippen LogP contribution in [0.5, 0.6) is 0 Å². The van der Waals surface area contributed by atoms with Crippen LogP contribution in [0.1, 0.15) is 21.5 Å². The lowest BCUT2D eigenvalue weighted by atomic mass is 10.1. The van der Waals surface area contributed by atoms with Crippen LogP contribution in [-0.4, -0.2) is 36.3 Å². The van der Waals surface area contributed by atoms with E-state index in [4.69, 9.17) is 0 Å². The SMILES string of the molecule is C=CCN(CC=C)C(=O)CNC(=O)c1ccc(C)c(C)c1. The zero-order chi connectivity index (χ0) is 15.8. The molecule has 0 unspecified atom stereocenters. The topological polar surface area (TPSA) is 49.4 Å². The van der Waals surface area contributed by atoms with Gasteiger partial charge in [0.25, 0.3) is 5.91 Å². The number of amides is 2. The third kappa shape index (κ3) is 4.91. The molecule has 0 spiro atoms. The zero-order valence-corrected chi connectivity index (χ0v) is 12.7. The van der Waals surface area contributed by atoms with Gasteiger partial charge >= 0.3 is 0 Å². The average molecular weight is 286 g/mol. The van der Waals surface area contributed by atoms with Crippen molar-refractivity contribution in [3.8, 4) is 0 Å². The monoisotopic (exact) mass is 286 g/mol. The average Bonchev–Trinajstić information content (AvgIpc) is 2.47. The van der Waals surface area contributed by atoms with E-state index in [1.54, 1.807) is 23.1 Å². The molecule has 0 saturated heterocycles. The molecule has 2 amide bonds. The molecular weight excluding hydrogens is 264 g/mol. The first-order chi connectivity index (χ1) is 9.99. The van der Waals surface area contributed by atoms with Crippen molar-refractivity contribution in [2.45, 2.75) is 13.8 Å². The highest BCUT2D eigenvalue weighted by atomic mass is 16.2. The van der Waals surface area contributed by atoms with E-state index < -0.39 is 0 Å². The van der Waals surface area contributed by atoms with Crippen LogP contribution in [0.2, 0.25) is 0 Å². The van der Waals surface area contributed by atoms with Gasteiger partial charge in [-0.25, -0.2) is 0 Å². The van der Waals surface area contributed by atoms with Crippen molar-refractivity contribution in [2.75, 3.05) is 19.6 Å². The van der Waals surface area contributed by atoms with Crippen LogP contribution >= 0.6 is 0 Å². The number of nitrogens with zero attached hydrogens (tertiary/aromatic N) is 1. The van der Waals surface area contributed by atoms with Crippen molar-refractivity contribution in [1.29, 1.82) is 0 Å². The summed E-state index contributed by atoms with van der Waals surface area (Å²) in [4.78, 5) is 25.6. The molecule has 0 radical (unpaired) electrons. The second-order valence-corrected chi connectivity index (χ2v) is 4.86. The Kier molecular flexibility index (Phi) is 6.40. The van der Waals surface area contributed by atoms with Crippen LogP contribution in [0.15, 0.2) is 43.5 Å². The van der Waals surface area contributed by atoms with Crippen molar-refractivity contribution in [2.24, 2.45) is 0 Å². The summed E-state index contributed by atoms with van der Waals surface area (Å²) in [5, 5.41) is 2.64. The number of benzene rings is 1. The van der Waals surface area contributed by atoms with Crippen LogP contribution in [0.4, 0.5) is 0 Å². The van der Waals surface area contributed by atoms with Gasteiger partial charge in [-0.05, 0) is 37.1 Å². The Morgan fingerprint density at radius 1 is 1.14 bits per heavy atom. The van der Waals surface area contributed by atoms with Gasteiger partial charge < -0.3 is 10.2 Å². The van der Waals surface area contributed by atoms with Crippen LogP contribution in [0.3, 0.4) is 0 Å². The molecule has 0 aliphatic rings. The molecule has 1 N–H and O–H groups in total. The number of nitrogens with one attached hydrogen (secondary N) is 1. The summed E-state index contributed by atoms with van der Waals surface area (Å²) in [7, 11) is 0. The number of aryl methyl sites for hydroxylation is 2. The number of hydrogen-bond donors (Lipinski definition) is 1. The summed E-state index contributed by atoms with van der Waals surface area (Å²) in [5.74, 6) is -0.407. The molecule has 21 heavy (non-hydrogen) atoms. The molecule has 0 bridgehead atoms. The quantitative estimate of drug-likeness (QED) is 0.781. The molecule has 0 heterocycles. The second-order valence-electron chi connectivity index (χ2n) is 4.86. The number of carbonyl (C=O) groups is 2. The Morgan fingerprint density at radius 3 is 2.29 bits per heavy atom. The normalized spacial score (nSPS) is 9.81. The molecule has 4 nitrogen and oxygen atoms in total. The van der Waals surface area contributed by atoms with E-state index in [2.05, 4.69) is 18.5 Å². The lowest BCUT2D eigenvalue weighted by Gasteiger charge is -2.19. The standard InChI is InChI=1S/C17H22N2O2/c1-5-9-19(10-6-2)16(20)12-18-17(21)15-8-7-13(3)14(4)11-15/h5-8,11H,1-2,9-10,12H2,3-4H3,(H,18,21). The van der Waals surface area contributed by atoms with Gasteiger partial charge in [0.1, 0.15) is 0 Å². The van der Waals surface area contributed by atoms with E-state index in [9.17, 15) is 9.59 Å². The van der Waals surface area contributed by atoms with E-state index in [1.807, 2.05) is 26.0 Å². The molecule has 0 aromatic heterocycles. The van der Waals surface area contributed by atoms with E-state index in [1.165, 1.54) is 0 Å². The highest BCUT2D eigenvalue weighted by Gasteiger charge is 2.13. The summed E-state index contributed by atoms with van der Waals surface area (Å²) in [6, 6.07) is 5.47. The van der Waals surface area contributed by atoms with Crippen LogP contribution in [0.25, 0.3) is 0 Å². The fourth-order valence-corrected chi connectivity index (χ4v) is 1.84. The minimum atomic E-state index is -0.247. The highest BCUT2D eigenvalue weighted by molar-refractivity contribution is 5.96. The van der Waals surface area contributed by atoms with Gasteiger partial charge in [0, 0.05) is 18.7 Å². The zero-order valence-electron chi connectivity index (χ0n) is 12.7. The first-order valence-corrected chi connectivity index (χ1v) is 6.84. The predicted molar refractivity (Wildman–Crippen MR) is 85.2 cm³/mol. The van der Waals surface area contributed by atoms with Gasteiger partial charge in [-0.1, -0.05) is 18.2 Å². The molecular formula is C17H22N2O2. The third-order valence-electron chi connectivity index (χ3n) is 3.22.